The molecule has 0 fully saturated rings. The van der Waals surface area contributed by atoms with Crippen molar-refractivity contribution >= 4 is 41.4 Å². The normalized spacial score (nSPS) is 13.8. The average Bonchev–Trinajstić information content (AvgIpc) is 2.61. The summed E-state index contributed by atoms with van der Waals surface area (Å²) >= 11 is 1.51. The molecule has 3 atom stereocenters. The molecule has 4 amide bonds. The number of nitrogens with two attached hydrogens (primary N) is 2. The lowest BCUT2D eigenvalue weighted by molar-refractivity contribution is -0.142. The van der Waals surface area contributed by atoms with E-state index in [1.54, 1.807) is 0 Å². The number of carbonyl (C=O) groups is 5. The number of thioether (sulfide) groups is 1. The highest BCUT2D eigenvalue weighted by atomic mass is 32.2. The number of rotatable bonds is 14. The van der Waals surface area contributed by atoms with Crippen LogP contribution < -0.4 is 27.4 Å². The highest BCUT2D eigenvalue weighted by Crippen LogP contribution is 2.05. The van der Waals surface area contributed by atoms with Crippen molar-refractivity contribution in [2.75, 3.05) is 18.6 Å². The van der Waals surface area contributed by atoms with Crippen LogP contribution in [-0.4, -0.2) is 71.4 Å². The fourth-order valence-electron chi connectivity index (χ4n) is 2.29. The monoisotopic (exact) mass is 433 g/mol. The fraction of sp³-hybridized carbons (Fsp3) is 0.706. The fourth-order valence-corrected chi connectivity index (χ4v) is 2.78. The maximum Gasteiger partial charge on any atom is 0.326 e. The minimum absolute atomic E-state index is 0.0384. The van der Waals surface area contributed by atoms with Crippen molar-refractivity contribution in [3.05, 3.63) is 0 Å². The smallest absolute Gasteiger partial charge is 0.326 e. The van der Waals surface area contributed by atoms with Crippen molar-refractivity contribution < 1.29 is 29.1 Å². The standard InChI is InChI=1S/C17H31N5O6S/c1-9(2)6-12(17(27)28)21-14(24)8-20-16(26)11(7-13(19)23)22-15(25)10(18)4-5-29-3/h9-12H,4-8,18H2,1-3H3,(H2,19,23)(H,20,26)(H,21,24)(H,22,25)(H,27,28). The molecule has 0 radical (unpaired) electrons. The molecule has 0 bridgehead atoms. The van der Waals surface area contributed by atoms with Gasteiger partial charge in [0.15, 0.2) is 0 Å². The number of primary amides is 1. The number of hydrogen-bond donors (Lipinski definition) is 6. The molecular formula is C17H31N5O6S. The Kier molecular flexibility index (Phi) is 12.7. The molecule has 3 unspecified atom stereocenters. The molecule has 0 aromatic heterocycles. The van der Waals surface area contributed by atoms with Crippen LogP contribution in [0.2, 0.25) is 0 Å². The number of hydrogen-bond acceptors (Lipinski definition) is 7. The van der Waals surface area contributed by atoms with Gasteiger partial charge in [-0.05, 0) is 30.8 Å². The summed E-state index contributed by atoms with van der Waals surface area (Å²) < 4.78 is 0. The van der Waals surface area contributed by atoms with Gasteiger partial charge in [-0.25, -0.2) is 4.79 Å². The van der Waals surface area contributed by atoms with Crippen molar-refractivity contribution in [1.29, 1.82) is 0 Å². The topological polar surface area (TPSA) is 194 Å². The Morgan fingerprint density at radius 1 is 1.03 bits per heavy atom. The van der Waals surface area contributed by atoms with Gasteiger partial charge >= 0.3 is 5.97 Å². The zero-order valence-electron chi connectivity index (χ0n) is 16.9. The Balaban J connectivity index is 4.81. The zero-order chi connectivity index (χ0) is 22.6. The van der Waals surface area contributed by atoms with Gasteiger partial charge in [0.25, 0.3) is 0 Å². The highest BCUT2D eigenvalue weighted by molar-refractivity contribution is 7.98. The van der Waals surface area contributed by atoms with Gasteiger partial charge in [-0.3, -0.25) is 19.2 Å². The SMILES string of the molecule is CSCCC(N)C(=O)NC(CC(N)=O)C(=O)NCC(=O)NC(CC(C)C)C(=O)O. The van der Waals surface area contributed by atoms with Crippen LogP contribution in [0.15, 0.2) is 0 Å². The molecule has 166 valence electrons. The van der Waals surface area contributed by atoms with E-state index in [1.807, 2.05) is 20.1 Å². The average molecular weight is 434 g/mol. The largest absolute Gasteiger partial charge is 0.480 e. The molecule has 12 heteroatoms. The highest BCUT2D eigenvalue weighted by Gasteiger charge is 2.26. The van der Waals surface area contributed by atoms with E-state index in [4.69, 9.17) is 16.6 Å². The molecule has 0 saturated carbocycles. The summed E-state index contributed by atoms with van der Waals surface area (Å²) in [7, 11) is 0. The number of carboxylic acids is 1. The first-order valence-corrected chi connectivity index (χ1v) is 10.5. The Labute approximate surface area is 174 Å². The van der Waals surface area contributed by atoms with Crippen LogP contribution in [0.3, 0.4) is 0 Å². The maximum absolute atomic E-state index is 12.3. The lowest BCUT2D eigenvalue weighted by Crippen LogP contribution is -2.54. The van der Waals surface area contributed by atoms with Crippen molar-refractivity contribution in [2.45, 2.75) is 51.2 Å². The Morgan fingerprint density at radius 2 is 1.66 bits per heavy atom. The first-order chi connectivity index (χ1) is 13.5. The lowest BCUT2D eigenvalue weighted by Gasteiger charge is -2.20. The Bertz CT molecular complexity index is 601. The molecule has 29 heavy (non-hydrogen) atoms. The van der Waals surface area contributed by atoms with Gasteiger partial charge < -0.3 is 32.5 Å². The molecule has 11 nitrogen and oxygen atoms in total. The quantitative estimate of drug-likeness (QED) is 0.184. The summed E-state index contributed by atoms with van der Waals surface area (Å²) in [5.41, 5.74) is 10.8. The molecule has 0 rings (SSSR count). The minimum Gasteiger partial charge on any atom is -0.480 e. The summed E-state index contributed by atoms with van der Waals surface area (Å²) in [5.74, 6) is -3.47. The van der Waals surface area contributed by atoms with Gasteiger partial charge in [0, 0.05) is 0 Å². The van der Waals surface area contributed by atoms with Crippen molar-refractivity contribution in [3.8, 4) is 0 Å². The third-order valence-electron chi connectivity index (χ3n) is 3.77. The van der Waals surface area contributed by atoms with Crippen LogP contribution in [0.25, 0.3) is 0 Å². The predicted octanol–water partition coefficient (Wildman–Crippen LogP) is -1.84. The van der Waals surface area contributed by atoms with Gasteiger partial charge in [0.05, 0.1) is 19.0 Å². The second-order valence-corrected chi connectivity index (χ2v) is 7.91. The molecule has 0 aromatic carbocycles. The zero-order valence-corrected chi connectivity index (χ0v) is 17.7. The summed E-state index contributed by atoms with van der Waals surface area (Å²) in [5, 5.41) is 16.1. The number of carbonyl (C=O) groups excluding carboxylic acids is 4. The predicted molar refractivity (Wildman–Crippen MR) is 109 cm³/mol. The molecular weight excluding hydrogens is 402 g/mol. The summed E-state index contributed by atoms with van der Waals surface area (Å²) in [6.45, 7) is 3.10. The van der Waals surface area contributed by atoms with Crippen molar-refractivity contribution in [3.63, 3.8) is 0 Å². The van der Waals surface area contributed by atoms with E-state index in [2.05, 4.69) is 16.0 Å². The van der Waals surface area contributed by atoms with Crippen LogP contribution in [-0.2, 0) is 24.0 Å². The third-order valence-corrected chi connectivity index (χ3v) is 4.42. The maximum atomic E-state index is 12.3. The Morgan fingerprint density at radius 3 is 2.14 bits per heavy atom. The van der Waals surface area contributed by atoms with Crippen LogP contribution in [0.1, 0.15) is 33.1 Å². The van der Waals surface area contributed by atoms with Gasteiger partial charge in [0.2, 0.25) is 23.6 Å². The molecule has 0 aliphatic rings. The van der Waals surface area contributed by atoms with E-state index in [0.717, 1.165) is 0 Å². The summed E-state index contributed by atoms with van der Waals surface area (Å²) in [6, 6.07) is -3.24. The molecule has 0 saturated heterocycles. The summed E-state index contributed by atoms with van der Waals surface area (Å²) in [4.78, 5) is 58.7. The Hall–Kier alpha value is -2.34. The number of nitrogens with one attached hydrogen (secondary N) is 3. The lowest BCUT2D eigenvalue weighted by atomic mass is 10.0. The van der Waals surface area contributed by atoms with Crippen LogP contribution in [0.5, 0.6) is 0 Å². The van der Waals surface area contributed by atoms with Gasteiger partial charge in [-0.2, -0.15) is 11.8 Å². The first-order valence-electron chi connectivity index (χ1n) is 9.10. The third kappa shape index (κ3) is 12.0. The van der Waals surface area contributed by atoms with Gasteiger partial charge in [-0.15, -0.1) is 0 Å². The van der Waals surface area contributed by atoms with Gasteiger partial charge in [-0.1, -0.05) is 13.8 Å². The van der Waals surface area contributed by atoms with E-state index in [0.29, 0.717) is 12.2 Å². The second kappa shape index (κ2) is 13.8. The van der Waals surface area contributed by atoms with Crippen LogP contribution >= 0.6 is 11.8 Å². The number of amides is 4. The van der Waals surface area contributed by atoms with E-state index in [9.17, 15) is 24.0 Å². The van der Waals surface area contributed by atoms with E-state index in [-0.39, 0.29) is 12.3 Å². The van der Waals surface area contributed by atoms with Crippen LogP contribution in [0, 0.1) is 5.92 Å². The van der Waals surface area contributed by atoms with Crippen molar-refractivity contribution in [2.24, 2.45) is 17.4 Å². The van der Waals surface area contributed by atoms with E-state index in [1.165, 1.54) is 11.8 Å². The molecule has 0 heterocycles. The first kappa shape index (κ1) is 26.7. The number of aliphatic carboxylic acids is 1. The van der Waals surface area contributed by atoms with Gasteiger partial charge in [0.1, 0.15) is 12.1 Å². The molecule has 0 aromatic rings. The minimum atomic E-state index is -1.29. The molecule has 8 N–H and O–H groups in total. The molecule has 0 aliphatic carbocycles. The van der Waals surface area contributed by atoms with E-state index < -0.39 is 60.7 Å². The second-order valence-electron chi connectivity index (χ2n) is 6.93. The number of carboxylic acid groups (broad SMARTS) is 1. The van der Waals surface area contributed by atoms with Crippen molar-refractivity contribution in [1.82, 2.24) is 16.0 Å². The van der Waals surface area contributed by atoms with Crippen LogP contribution in [0.4, 0.5) is 0 Å². The molecule has 0 aliphatic heterocycles. The summed E-state index contributed by atoms with van der Waals surface area (Å²) in [6.07, 6.45) is 1.99. The molecule has 0 spiro atoms. The van der Waals surface area contributed by atoms with E-state index >= 15 is 0 Å².